The first-order valence-electron chi connectivity index (χ1n) is 4.18. The van der Waals surface area contributed by atoms with Crippen molar-refractivity contribution >= 4 is 35.1 Å². The maximum Gasteiger partial charge on any atom is 0.236 e. The third kappa shape index (κ3) is 1.89. The Kier molecular flexibility index (Phi) is 2.28. The van der Waals surface area contributed by atoms with Crippen molar-refractivity contribution in [2.75, 3.05) is 17.2 Å². The molecule has 0 bridgehead atoms. The van der Waals surface area contributed by atoms with Gasteiger partial charge in [0, 0.05) is 6.07 Å². The third-order valence-electron chi connectivity index (χ3n) is 1.96. The Bertz CT molecular complexity index is 428. The van der Waals surface area contributed by atoms with E-state index in [1.807, 2.05) is 0 Å². The highest BCUT2D eigenvalue weighted by Gasteiger charge is 2.29. The Balaban J connectivity index is 2.37. The van der Waals surface area contributed by atoms with Crippen molar-refractivity contribution in [3.05, 3.63) is 11.2 Å². The van der Waals surface area contributed by atoms with Gasteiger partial charge in [-0.15, -0.1) is 0 Å². The second-order valence-corrected chi connectivity index (χ2v) is 3.49. The average Bonchev–Trinajstić information content (AvgIpc) is 2.43. The Morgan fingerprint density at radius 1 is 1.40 bits per heavy atom. The first-order valence-corrected chi connectivity index (χ1v) is 4.56. The molecule has 0 aliphatic carbocycles. The lowest BCUT2D eigenvalue weighted by Gasteiger charge is -2.13. The van der Waals surface area contributed by atoms with E-state index in [4.69, 9.17) is 17.3 Å². The van der Waals surface area contributed by atoms with E-state index in [0.717, 1.165) is 0 Å². The number of nitrogens with zero attached hydrogens (tertiary/aromatic N) is 3. The van der Waals surface area contributed by atoms with Gasteiger partial charge in [0.15, 0.2) is 5.78 Å². The molecule has 0 atom stereocenters. The number of nitrogen functional groups attached to an aromatic ring is 1. The minimum absolute atomic E-state index is 0.0195. The third-order valence-corrected chi connectivity index (χ3v) is 2.15. The molecule has 1 aliphatic rings. The number of amides is 1. The number of nitrogens with two attached hydrogens (primary N) is 1. The highest BCUT2D eigenvalue weighted by Crippen LogP contribution is 2.20. The zero-order chi connectivity index (χ0) is 11.0. The molecular formula is C8H7ClN4O2. The normalized spacial score (nSPS) is 16.2. The summed E-state index contributed by atoms with van der Waals surface area (Å²) in [4.78, 5) is 31.1. The van der Waals surface area contributed by atoms with Crippen LogP contribution < -0.4 is 10.6 Å². The molecular weight excluding hydrogens is 220 g/mol. The predicted octanol–water partition coefficient (Wildman–Crippen LogP) is 0.0180. The van der Waals surface area contributed by atoms with Gasteiger partial charge in [-0.2, -0.15) is 4.98 Å². The summed E-state index contributed by atoms with van der Waals surface area (Å²) in [6, 6.07) is 1.40. The molecule has 1 aromatic rings. The van der Waals surface area contributed by atoms with Crippen molar-refractivity contribution in [1.82, 2.24) is 9.97 Å². The predicted molar refractivity (Wildman–Crippen MR) is 53.4 cm³/mol. The standard InChI is InChI=1S/C8H7ClN4O2/c9-5-2-6(12-8(10)11-5)13-3-4(14)1-7(13)15/h2H,1,3H2,(H2,10,11,12). The van der Waals surface area contributed by atoms with Gasteiger partial charge >= 0.3 is 0 Å². The summed E-state index contributed by atoms with van der Waals surface area (Å²) >= 11 is 5.66. The van der Waals surface area contributed by atoms with Crippen LogP contribution in [0.4, 0.5) is 11.8 Å². The number of Topliss-reactive ketones (excluding diaryl/α,β-unsaturated/α-hetero) is 1. The van der Waals surface area contributed by atoms with Crippen LogP contribution in [0.2, 0.25) is 5.15 Å². The van der Waals surface area contributed by atoms with E-state index in [1.165, 1.54) is 11.0 Å². The van der Waals surface area contributed by atoms with E-state index < -0.39 is 0 Å². The number of ketones is 1. The van der Waals surface area contributed by atoms with Gasteiger partial charge < -0.3 is 5.73 Å². The highest BCUT2D eigenvalue weighted by molar-refractivity contribution is 6.29. The van der Waals surface area contributed by atoms with Crippen LogP contribution in [0.5, 0.6) is 0 Å². The molecule has 0 radical (unpaired) electrons. The van der Waals surface area contributed by atoms with Crippen molar-refractivity contribution < 1.29 is 9.59 Å². The molecule has 0 aromatic carbocycles. The number of carbonyl (C=O) groups is 2. The second kappa shape index (κ2) is 3.47. The number of anilines is 2. The molecule has 0 unspecified atom stereocenters. The minimum atomic E-state index is -0.297. The van der Waals surface area contributed by atoms with Crippen LogP contribution in [0.25, 0.3) is 0 Å². The largest absolute Gasteiger partial charge is 0.368 e. The maximum atomic E-state index is 11.4. The Hall–Kier alpha value is -1.69. The Morgan fingerprint density at radius 2 is 2.13 bits per heavy atom. The number of carbonyl (C=O) groups excluding carboxylic acids is 2. The molecule has 7 heteroatoms. The number of hydrogen-bond donors (Lipinski definition) is 1. The van der Waals surface area contributed by atoms with Crippen molar-refractivity contribution in [2.24, 2.45) is 0 Å². The smallest absolute Gasteiger partial charge is 0.236 e. The Morgan fingerprint density at radius 3 is 2.67 bits per heavy atom. The van der Waals surface area contributed by atoms with Crippen LogP contribution >= 0.6 is 11.6 Å². The number of rotatable bonds is 1. The molecule has 1 aromatic heterocycles. The van der Waals surface area contributed by atoms with Crippen LogP contribution in [0.1, 0.15) is 6.42 Å². The van der Waals surface area contributed by atoms with E-state index in [9.17, 15) is 9.59 Å². The van der Waals surface area contributed by atoms with Gasteiger partial charge in [-0.05, 0) is 0 Å². The summed E-state index contributed by atoms with van der Waals surface area (Å²) in [5.74, 6) is -0.199. The van der Waals surface area contributed by atoms with E-state index >= 15 is 0 Å². The van der Waals surface area contributed by atoms with Gasteiger partial charge in [-0.1, -0.05) is 11.6 Å². The zero-order valence-corrected chi connectivity index (χ0v) is 8.36. The molecule has 6 nitrogen and oxygen atoms in total. The molecule has 15 heavy (non-hydrogen) atoms. The summed E-state index contributed by atoms with van der Waals surface area (Å²) in [7, 11) is 0. The summed E-state index contributed by atoms with van der Waals surface area (Å²) in [5, 5.41) is 0.143. The molecule has 78 valence electrons. The van der Waals surface area contributed by atoms with Crippen LogP contribution in [-0.2, 0) is 9.59 Å². The van der Waals surface area contributed by atoms with Gasteiger partial charge in [0.2, 0.25) is 11.9 Å². The van der Waals surface area contributed by atoms with Gasteiger partial charge in [-0.25, -0.2) is 4.98 Å². The molecule has 2 heterocycles. The highest BCUT2D eigenvalue weighted by atomic mass is 35.5. The summed E-state index contributed by atoms with van der Waals surface area (Å²) in [6.07, 6.45) is -0.0957. The molecule has 1 aliphatic heterocycles. The SMILES string of the molecule is Nc1nc(Cl)cc(N2CC(=O)CC2=O)n1. The van der Waals surface area contributed by atoms with Gasteiger partial charge in [0.1, 0.15) is 11.0 Å². The Labute approximate surface area is 90.1 Å². The van der Waals surface area contributed by atoms with E-state index in [1.54, 1.807) is 0 Å². The second-order valence-electron chi connectivity index (χ2n) is 3.10. The topological polar surface area (TPSA) is 89.2 Å². The van der Waals surface area contributed by atoms with Gasteiger partial charge in [-0.3, -0.25) is 14.5 Å². The van der Waals surface area contributed by atoms with Crippen LogP contribution in [0, 0.1) is 0 Å². The molecule has 2 rings (SSSR count). The molecule has 2 N–H and O–H groups in total. The fraction of sp³-hybridized carbons (Fsp3) is 0.250. The monoisotopic (exact) mass is 226 g/mol. The lowest BCUT2D eigenvalue weighted by molar-refractivity contribution is -0.121. The lowest BCUT2D eigenvalue weighted by atomic mass is 10.3. The number of aromatic nitrogens is 2. The average molecular weight is 227 g/mol. The van der Waals surface area contributed by atoms with Crippen LogP contribution in [0.15, 0.2) is 6.07 Å². The zero-order valence-electron chi connectivity index (χ0n) is 7.61. The quantitative estimate of drug-likeness (QED) is 0.539. The molecule has 0 saturated carbocycles. The van der Waals surface area contributed by atoms with E-state index in [-0.39, 0.29) is 41.6 Å². The van der Waals surface area contributed by atoms with Crippen molar-refractivity contribution in [3.63, 3.8) is 0 Å². The minimum Gasteiger partial charge on any atom is -0.368 e. The van der Waals surface area contributed by atoms with Crippen molar-refractivity contribution in [3.8, 4) is 0 Å². The van der Waals surface area contributed by atoms with E-state index in [2.05, 4.69) is 9.97 Å². The molecule has 1 amide bonds. The summed E-state index contributed by atoms with van der Waals surface area (Å²) < 4.78 is 0. The summed E-state index contributed by atoms with van der Waals surface area (Å²) in [5.41, 5.74) is 5.38. The van der Waals surface area contributed by atoms with Gasteiger partial charge in [0.25, 0.3) is 0 Å². The van der Waals surface area contributed by atoms with Gasteiger partial charge in [0.05, 0.1) is 13.0 Å². The fourth-order valence-corrected chi connectivity index (χ4v) is 1.54. The number of halogens is 1. The molecule has 1 saturated heterocycles. The summed E-state index contributed by atoms with van der Waals surface area (Å²) in [6.45, 7) is 0.0195. The lowest BCUT2D eigenvalue weighted by Crippen LogP contribution is -2.26. The molecule has 0 spiro atoms. The van der Waals surface area contributed by atoms with Crippen molar-refractivity contribution in [1.29, 1.82) is 0 Å². The number of hydrogen-bond acceptors (Lipinski definition) is 5. The maximum absolute atomic E-state index is 11.4. The molecule has 1 fully saturated rings. The van der Waals surface area contributed by atoms with Crippen LogP contribution in [0.3, 0.4) is 0 Å². The van der Waals surface area contributed by atoms with E-state index in [0.29, 0.717) is 0 Å². The fourth-order valence-electron chi connectivity index (χ4n) is 1.35. The first kappa shape index (κ1) is 9.85. The van der Waals surface area contributed by atoms with Crippen molar-refractivity contribution in [2.45, 2.75) is 6.42 Å². The van der Waals surface area contributed by atoms with Crippen LogP contribution in [-0.4, -0.2) is 28.2 Å². The first-order chi connectivity index (χ1) is 7.06.